The standard InChI is InChI=1S/C17H23Cl2N3O3/c1-3-22(4-2)16(24)6-5-9-20-15(23)11-21-17(25)12-7-8-13(18)14(19)10-12/h7-8,10H,3-6,9,11H2,1-2H3,(H,20,23)(H,21,25). The first-order chi connectivity index (χ1) is 11.9. The molecule has 0 aliphatic heterocycles. The van der Waals surface area contributed by atoms with Gasteiger partial charge in [0.1, 0.15) is 0 Å². The van der Waals surface area contributed by atoms with Crippen LogP contribution in [0.5, 0.6) is 0 Å². The van der Waals surface area contributed by atoms with Gasteiger partial charge < -0.3 is 15.5 Å². The summed E-state index contributed by atoms with van der Waals surface area (Å²) in [4.78, 5) is 37.2. The number of carbonyl (C=O) groups excluding carboxylic acids is 3. The van der Waals surface area contributed by atoms with Crippen LogP contribution >= 0.6 is 23.2 Å². The fraction of sp³-hybridized carbons (Fsp3) is 0.471. The predicted octanol–water partition coefficient (Wildman–Crippen LogP) is 2.49. The Bertz CT molecular complexity index is 619. The highest BCUT2D eigenvalue weighted by molar-refractivity contribution is 6.42. The van der Waals surface area contributed by atoms with E-state index in [0.29, 0.717) is 43.1 Å². The maximum Gasteiger partial charge on any atom is 0.251 e. The van der Waals surface area contributed by atoms with E-state index in [1.165, 1.54) is 18.2 Å². The van der Waals surface area contributed by atoms with Crippen LogP contribution in [0.2, 0.25) is 10.0 Å². The lowest BCUT2D eigenvalue weighted by Crippen LogP contribution is -2.37. The zero-order valence-electron chi connectivity index (χ0n) is 14.4. The summed E-state index contributed by atoms with van der Waals surface area (Å²) in [6.07, 6.45) is 0.944. The second-order valence-electron chi connectivity index (χ2n) is 5.33. The largest absolute Gasteiger partial charge is 0.355 e. The minimum atomic E-state index is -0.412. The molecule has 8 heteroatoms. The van der Waals surface area contributed by atoms with Crippen LogP contribution in [-0.2, 0) is 9.59 Å². The molecule has 25 heavy (non-hydrogen) atoms. The normalized spacial score (nSPS) is 10.2. The third kappa shape index (κ3) is 7.32. The molecule has 1 aromatic carbocycles. The van der Waals surface area contributed by atoms with Crippen molar-refractivity contribution in [3.8, 4) is 0 Å². The first kappa shape index (κ1) is 21.3. The molecule has 0 spiro atoms. The van der Waals surface area contributed by atoms with E-state index in [4.69, 9.17) is 23.2 Å². The minimum Gasteiger partial charge on any atom is -0.355 e. The van der Waals surface area contributed by atoms with Crippen molar-refractivity contribution in [2.45, 2.75) is 26.7 Å². The molecule has 0 aliphatic rings. The van der Waals surface area contributed by atoms with Crippen LogP contribution in [0, 0.1) is 0 Å². The summed E-state index contributed by atoms with van der Waals surface area (Å²) >= 11 is 11.6. The quantitative estimate of drug-likeness (QED) is 0.638. The highest BCUT2D eigenvalue weighted by atomic mass is 35.5. The molecule has 0 atom stereocenters. The number of hydrogen-bond acceptors (Lipinski definition) is 3. The molecule has 138 valence electrons. The van der Waals surface area contributed by atoms with Gasteiger partial charge in [0.25, 0.3) is 5.91 Å². The van der Waals surface area contributed by atoms with Gasteiger partial charge in [-0.3, -0.25) is 14.4 Å². The number of carbonyl (C=O) groups is 3. The van der Waals surface area contributed by atoms with Crippen molar-refractivity contribution >= 4 is 40.9 Å². The van der Waals surface area contributed by atoms with Gasteiger partial charge in [-0.15, -0.1) is 0 Å². The van der Waals surface area contributed by atoms with Gasteiger partial charge in [0.15, 0.2) is 0 Å². The number of hydrogen-bond donors (Lipinski definition) is 2. The number of amides is 3. The Morgan fingerprint density at radius 3 is 2.32 bits per heavy atom. The van der Waals surface area contributed by atoms with Crippen molar-refractivity contribution in [3.05, 3.63) is 33.8 Å². The molecule has 2 N–H and O–H groups in total. The molecule has 0 aliphatic carbocycles. The van der Waals surface area contributed by atoms with E-state index >= 15 is 0 Å². The van der Waals surface area contributed by atoms with Crippen LogP contribution in [-0.4, -0.2) is 48.8 Å². The zero-order chi connectivity index (χ0) is 18.8. The van der Waals surface area contributed by atoms with Crippen molar-refractivity contribution in [1.29, 1.82) is 0 Å². The molecule has 0 saturated carbocycles. The van der Waals surface area contributed by atoms with E-state index in [1.54, 1.807) is 4.90 Å². The highest BCUT2D eigenvalue weighted by Crippen LogP contribution is 2.22. The first-order valence-electron chi connectivity index (χ1n) is 8.16. The summed E-state index contributed by atoms with van der Waals surface area (Å²) in [6.45, 7) is 5.46. The summed E-state index contributed by atoms with van der Waals surface area (Å²) in [5.74, 6) is -0.652. The highest BCUT2D eigenvalue weighted by Gasteiger charge is 2.11. The van der Waals surface area contributed by atoms with Gasteiger partial charge in [0, 0.05) is 31.6 Å². The number of nitrogens with zero attached hydrogens (tertiary/aromatic N) is 1. The lowest BCUT2D eigenvalue weighted by molar-refractivity contribution is -0.131. The van der Waals surface area contributed by atoms with Gasteiger partial charge in [-0.05, 0) is 38.5 Å². The molecule has 0 saturated heterocycles. The average molecular weight is 388 g/mol. The molecule has 0 bridgehead atoms. The van der Waals surface area contributed by atoms with Crippen molar-refractivity contribution < 1.29 is 14.4 Å². The van der Waals surface area contributed by atoms with E-state index in [9.17, 15) is 14.4 Å². The second kappa shape index (κ2) is 10.9. The Morgan fingerprint density at radius 2 is 1.72 bits per heavy atom. The van der Waals surface area contributed by atoms with Crippen molar-refractivity contribution in [1.82, 2.24) is 15.5 Å². The van der Waals surface area contributed by atoms with Gasteiger partial charge in [-0.2, -0.15) is 0 Å². The Balaban J connectivity index is 2.27. The van der Waals surface area contributed by atoms with Crippen LogP contribution in [0.1, 0.15) is 37.0 Å². The summed E-state index contributed by atoms with van der Waals surface area (Å²) in [6, 6.07) is 4.49. The predicted molar refractivity (Wildman–Crippen MR) is 99.0 cm³/mol. The van der Waals surface area contributed by atoms with Gasteiger partial charge in [0.05, 0.1) is 16.6 Å². The Hall–Kier alpha value is -1.79. The maximum absolute atomic E-state index is 11.9. The molecule has 0 unspecified atom stereocenters. The monoisotopic (exact) mass is 387 g/mol. The van der Waals surface area contributed by atoms with Crippen LogP contribution in [0.15, 0.2) is 18.2 Å². The van der Waals surface area contributed by atoms with E-state index in [2.05, 4.69) is 10.6 Å². The summed E-state index contributed by atoms with van der Waals surface area (Å²) in [7, 11) is 0. The number of benzene rings is 1. The molecule has 0 aromatic heterocycles. The number of rotatable bonds is 9. The molecule has 0 heterocycles. The average Bonchev–Trinajstić information content (AvgIpc) is 2.60. The van der Waals surface area contributed by atoms with Gasteiger partial charge >= 0.3 is 0 Å². The molecular formula is C17H23Cl2N3O3. The van der Waals surface area contributed by atoms with Crippen molar-refractivity contribution in [2.75, 3.05) is 26.2 Å². The fourth-order valence-corrected chi connectivity index (χ4v) is 2.46. The Morgan fingerprint density at radius 1 is 1.04 bits per heavy atom. The zero-order valence-corrected chi connectivity index (χ0v) is 15.9. The molecule has 0 fully saturated rings. The Labute approximate surface area is 157 Å². The topological polar surface area (TPSA) is 78.5 Å². The van der Waals surface area contributed by atoms with Gasteiger partial charge in [-0.1, -0.05) is 23.2 Å². The third-order valence-electron chi connectivity index (χ3n) is 3.60. The minimum absolute atomic E-state index is 0.0761. The van der Waals surface area contributed by atoms with E-state index in [0.717, 1.165) is 0 Å². The second-order valence-corrected chi connectivity index (χ2v) is 6.15. The molecular weight excluding hydrogens is 365 g/mol. The maximum atomic E-state index is 11.9. The smallest absolute Gasteiger partial charge is 0.251 e. The number of nitrogens with one attached hydrogen (secondary N) is 2. The summed E-state index contributed by atoms with van der Waals surface area (Å²) in [5.41, 5.74) is 0.326. The summed E-state index contributed by atoms with van der Waals surface area (Å²) in [5, 5.41) is 5.80. The lowest BCUT2D eigenvalue weighted by atomic mass is 10.2. The first-order valence-corrected chi connectivity index (χ1v) is 8.92. The van der Waals surface area contributed by atoms with Crippen molar-refractivity contribution in [2.24, 2.45) is 0 Å². The van der Waals surface area contributed by atoms with Crippen LogP contribution < -0.4 is 10.6 Å². The molecule has 6 nitrogen and oxygen atoms in total. The molecule has 0 radical (unpaired) electrons. The van der Waals surface area contributed by atoms with Crippen LogP contribution in [0.3, 0.4) is 0 Å². The number of halogens is 2. The fourth-order valence-electron chi connectivity index (χ4n) is 2.16. The van der Waals surface area contributed by atoms with Crippen molar-refractivity contribution in [3.63, 3.8) is 0 Å². The molecule has 1 aromatic rings. The molecule has 3 amide bonds. The van der Waals surface area contributed by atoms with E-state index in [1.807, 2.05) is 13.8 Å². The Kier molecular flexibility index (Phi) is 9.31. The van der Waals surface area contributed by atoms with E-state index in [-0.39, 0.29) is 23.4 Å². The summed E-state index contributed by atoms with van der Waals surface area (Å²) < 4.78 is 0. The van der Waals surface area contributed by atoms with Gasteiger partial charge in [0.2, 0.25) is 11.8 Å². The van der Waals surface area contributed by atoms with Crippen LogP contribution in [0.25, 0.3) is 0 Å². The lowest BCUT2D eigenvalue weighted by Gasteiger charge is -2.18. The van der Waals surface area contributed by atoms with Gasteiger partial charge in [-0.25, -0.2) is 0 Å². The molecule has 1 rings (SSSR count). The van der Waals surface area contributed by atoms with E-state index < -0.39 is 5.91 Å². The SMILES string of the molecule is CCN(CC)C(=O)CCCNC(=O)CNC(=O)c1ccc(Cl)c(Cl)c1. The van der Waals surface area contributed by atoms with Crippen LogP contribution in [0.4, 0.5) is 0 Å². The third-order valence-corrected chi connectivity index (χ3v) is 4.34.